The van der Waals surface area contributed by atoms with Crippen molar-refractivity contribution in [3.05, 3.63) is 0 Å². The average Bonchev–Trinajstić information content (AvgIpc) is 2.56. The smallest absolute Gasteiger partial charge is 0.0820 e. The summed E-state index contributed by atoms with van der Waals surface area (Å²) in [6.07, 6.45) is 2.28. The third-order valence-electron chi connectivity index (χ3n) is 4.51. The number of alkyl halides is 1. The van der Waals surface area contributed by atoms with Gasteiger partial charge in [-0.15, -0.1) is 11.6 Å². The van der Waals surface area contributed by atoms with Crippen molar-refractivity contribution < 1.29 is 4.74 Å². The highest BCUT2D eigenvalue weighted by Crippen LogP contribution is 2.67. The summed E-state index contributed by atoms with van der Waals surface area (Å²) in [7, 11) is 0. The lowest BCUT2D eigenvalue weighted by molar-refractivity contribution is -0.0498. The Morgan fingerprint density at radius 1 is 1.29 bits per heavy atom. The van der Waals surface area contributed by atoms with E-state index in [1.54, 1.807) is 0 Å². The van der Waals surface area contributed by atoms with Gasteiger partial charge in [-0.2, -0.15) is 0 Å². The lowest BCUT2D eigenvalue weighted by atomic mass is 9.86. The fraction of sp³-hybridized carbons (Fsp3) is 1.00. The van der Waals surface area contributed by atoms with Crippen molar-refractivity contribution in [1.29, 1.82) is 0 Å². The van der Waals surface area contributed by atoms with Crippen LogP contribution in [0.1, 0.15) is 40.5 Å². The summed E-state index contributed by atoms with van der Waals surface area (Å²) in [5.41, 5.74) is 0.438. The minimum absolute atomic E-state index is 0.0781. The minimum Gasteiger partial charge on any atom is -0.374 e. The van der Waals surface area contributed by atoms with Crippen LogP contribution >= 0.6 is 11.6 Å². The molecule has 2 heteroatoms. The van der Waals surface area contributed by atoms with Crippen LogP contribution in [0.25, 0.3) is 0 Å². The molecule has 0 N–H and O–H groups in total. The topological polar surface area (TPSA) is 9.23 Å². The van der Waals surface area contributed by atoms with Gasteiger partial charge in [-0.3, -0.25) is 0 Å². The lowest BCUT2D eigenvalue weighted by Gasteiger charge is -2.37. The molecule has 82 valence electrons. The van der Waals surface area contributed by atoms with Crippen LogP contribution in [0.5, 0.6) is 0 Å². The fourth-order valence-corrected chi connectivity index (χ4v) is 3.59. The van der Waals surface area contributed by atoms with E-state index in [9.17, 15) is 0 Å². The van der Waals surface area contributed by atoms with Gasteiger partial charge in [-0.1, -0.05) is 13.8 Å². The van der Waals surface area contributed by atoms with Crippen molar-refractivity contribution in [3.63, 3.8) is 0 Å². The molecule has 0 radical (unpaired) electrons. The summed E-state index contributed by atoms with van der Waals surface area (Å²) in [6.45, 7) is 9.74. The van der Waals surface area contributed by atoms with Gasteiger partial charge in [0.15, 0.2) is 0 Å². The van der Waals surface area contributed by atoms with Crippen molar-refractivity contribution in [1.82, 2.24) is 0 Å². The average molecular weight is 217 g/mol. The second kappa shape index (κ2) is 3.12. The number of halogens is 1. The Bertz CT molecular complexity index is 238. The van der Waals surface area contributed by atoms with E-state index >= 15 is 0 Å². The first-order chi connectivity index (χ1) is 6.42. The summed E-state index contributed by atoms with van der Waals surface area (Å²) in [4.78, 5) is 0. The molecule has 2 saturated carbocycles. The molecular formula is C12H21ClO. The van der Waals surface area contributed by atoms with Crippen LogP contribution in [0.4, 0.5) is 0 Å². The van der Waals surface area contributed by atoms with Crippen molar-refractivity contribution in [2.75, 3.05) is 6.61 Å². The Kier molecular flexibility index (Phi) is 2.40. The molecule has 2 fully saturated rings. The van der Waals surface area contributed by atoms with Crippen LogP contribution in [0.3, 0.4) is 0 Å². The van der Waals surface area contributed by atoms with Gasteiger partial charge in [0.25, 0.3) is 0 Å². The maximum atomic E-state index is 6.43. The molecule has 0 amide bonds. The van der Waals surface area contributed by atoms with Crippen molar-refractivity contribution >= 4 is 11.6 Å². The monoisotopic (exact) mass is 216 g/mol. The first-order valence-corrected chi connectivity index (χ1v) is 6.13. The van der Waals surface area contributed by atoms with Gasteiger partial charge in [0, 0.05) is 6.61 Å². The molecule has 2 aliphatic rings. The SMILES string of the molecule is CCOC1(C)CC2C(CC1Cl)C2(C)C. The molecule has 4 unspecified atom stereocenters. The predicted molar refractivity (Wildman–Crippen MR) is 59.7 cm³/mol. The van der Waals surface area contributed by atoms with Crippen LogP contribution in [-0.4, -0.2) is 17.6 Å². The van der Waals surface area contributed by atoms with Crippen LogP contribution in [0, 0.1) is 17.3 Å². The third kappa shape index (κ3) is 1.40. The zero-order valence-electron chi connectivity index (χ0n) is 9.64. The second-order valence-electron chi connectivity index (χ2n) is 5.69. The molecule has 2 rings (SSSR count). The van der Waals surface area contributed by atoms with Crippen LogP contribution in [-0.2, 0) is 4.74 Å². The Hall–Kier alpha value is 0.250. The quantitative estimate of drug-likeness (QED) is 0.643. The first-order valence-electron chi connectivity index (χ1n) is 5.70. The minimum atomic E-state index is -0.0781. The molecule has 0 aromatic rings. The lowest BCUT2D eigenvalue weighted by Crippen LogP contribution is -2.42. The molecular weight excluding hydrogens is 196 g/mol. The molecule has 0 aromatic heterocycles. The highest BCUT2D eigenvalue weighted by Gasteiger charge is 2.64. The zero-order valence-corrected chi connectivity index (χ0v) is 10.4. The molecule has 14 heavy (non-hydrogen) atoms. The van der Waals surface area contributed by atoms with Gasteiger partial charge in [0.05, 0.1) is 11.0 Å². The molecule has 2 aliphatic carbocycles. The Morgan fingerprint density at radius 2 is 1.93 bits per heavy atom. The summed E-state index contributed by atoms with van der Waals surface area (Å²) in [5, 5.41) is 0.200. The molecule has 0 heterocycles. The van der Waals surface area contributed by atoms with E-state index in [2.05, 4.69) is 27.7 Å². The van der Waals surface area contributed by atoms with E-state index in [0.29, 0.717) is 5.41 Å². The molecule has 0 saturated heterocycles. The zero-order chi connectivity index (χ0) is 10.6. The van der Waals surface area contributed by atoms with Gasteiger partial charge in [-0.25, -0.2) is 0 Å². The second-order valence-corrected chi connectivity index (χ2v) is 6.21. The molecule has 0 spiro atoms. The molecule has 0 aliphatic heterocycles. The van der Waals surface area contributed by atoms with E-state index < -0.39 is 0 Å². The maximum absolute atomic E-state index is 6.43. The summed E-state index contributed by atoms with van der Waals surface area (Å²) >= 11 is 6.43. The molecule has 1 nitrogen and oxygen atoms in total. The highest BCUT2D eigenvalue weighted by atomic mass is 35.5. The van der Waals surface area contributed by atoms with E-state index in [0.717, 1.165) is 31.3 Å². The number of fused-ring (bicyclic) bond motifs is 1. The third-order valence-corrected chi connectivity index (χ3v) is 5.15. The van der Waals surface area contributed by atoms with Crippen LogP contribution in [0.2, 0.25) is 0 Å². The van der Waals surface area contributed by atoms with Crippen LogP contribution in [0.15, 0.2) is 0 Å². The Balaban J connectivity index is 2.09. The van der Waals surface area contributed by atoms with E-state index in [1.807, 2.05) is 0 Å². The summed E-state index contributed by atoms with van der Waals surface area (Å²) in [5.74, 6) is 1.69. The number of hydrogen-bond donors (Lipinski definition) is 0. The summed E-state index contributed by atoms with van der Waals surface area (Å²) in [6, 6.07) is 0. The van der Waals surface area contributed by atoms with Crippen molar-refractivity contribution in [3.8, 4) is 0 Å². The van der Waals surface area contributed by atoms with Crippen molar-refractivity contribution in [2.24, 2.45) is 17.3 Å². The van der Waals surface area contributed by atoms with Gasteiger partial charge in [0.2, 0.25) is 0 Å². The normalized spacial score (nSPS) is 49.9. The van der Waals surface area contributed by atoms with Crippen LogP contribution < -0.4 is 0 Å². The van der Waals surface area contributed by atoms with E-state index in [4.69, 9.17) is 16.3 Å². The Labute approximate surface area is 92.2 Å². The number of rotatable bonds is 2. The van der Waals surface area contributed by atoms with Gasteiger partial charge < -0.3 is 4.74 Å². The van der Waals surface area contributed by atoms with Gasteiger partial charge >= 0.3 is 0 Å². The predicted octanol–water partition coefficient (Wildman–Crippen LogP) is 3.46. The molecule has 0 aromatic carbocycles. The van der Waals surface area contributed by atoms with E-state index in [-0.39, 0.29) is 11.0 Å². The molecule has 0 bridgehead atoms. The maximum Gasteiger partial charge on any atom is 0.0820 e. The fourth-order valence-electron chi connectivity index (χ4n) is 3.25. The number of hydrogen-bond acceptors (Lipinski definition) is 1. The number of ether oxygens (including phenoxy) is 1. The van der Waals surface area contributed by atoms with Crippen molar-refractivity contribution in [2.45, 2.75) is 51.5 Å². The Morgan fingerprint density at radius 3 is 2.50 bits per heavy atom. The van der Waals surface area contributed by atoms with Gasteiger partial charge in [0.1, 0.15) is 0 Å². The van der Waals surface area contributed by atoms with E-state index in [1.165, 1.54) is 0 Å². The highest BCUT2D eigenvalue weighted by molar-refractivity contribution is 6.21. The van der Waals surface area contributed by atoms with Gasteiger partial charge in [-0.05, 0) is 43.9 Å². The first kappa shape index (κ1) is 10.8. The summed E-state index contributed by atoms with van der Waals surface area (Å²) < 4.78 is 5.84. The largest absolute Gasteiger partial charge is 0.374 e. The molecule has 4 atom stereocenters. The standard InChI is InChI=1S/C12H21ClO/c1-5-14-12(4)7-9-8(6-10(12)13)11(9,2)3/h8-10H,5-7H2,1-4H3.